The molecule has 0 amide bonds. The summed E-state index contributed by atoms with van der Waals surface area (Å²) in [6.07, 6.45) is 6.49. The molecule has 0 aliphatic heterocycles. The molecule has 1 aromatic rings. The number of nitrogens with one attached hydrogen (secondary N) is 1. The van der Waals surface area contributed by atoms with Gasteiger partial charge in [-0.3, -0.25) is 4.98 Å². The standard InChI is InChI=1S/C13H20N2O3S/c16-10-12-2-1-3-13(12)15-19(17,18)9-6-11-4-7-14-8-5-11/h4-5,7-8,12-13,15-16H,1-3,6,9-10H2. The molecule has 2 unspecified atom stereocenters. The second kappa shape index (κ2) is 6.45. The summed E-state index contributed by atoms with van der Waals surface area (Å²) in [5.41, 5.74) is 0.963. The fourth-order valence-corrected chi connectivity index (χ4v) is 3.90. The summed E-state index contributed by atoms with van der Waals surface area (Å²) in [5, 5.41) is 9.20. The van der Waals surface area contributed by atoms with Gasteiger partial charge in [-0.1, -0.05) is 6.42 Å². The largest absolute Gasteiger partial charge is 0.396 e. The van der Waals surface area contributed by atoms with Gasteiger partial charge in [0.25, 0.3) is 0 Å². The van der Waals surface area contributed by atoms with Crippen molar-refractivity contribution in [3.8, 4) is 0 Å². The lowest BCUT2D eigenvalue weighted by Gasteiger charge is -2.18. The lowest BCUT2D eigenvalue weighted by atomic mass is 10.1. The third kappa shape index (κ3) is 4.26. The second-order valence-corrected chi connectivity index (χ2v) is 6.90. The minimum absolute atomic E-state index is 0.0531. The van der Waals surface area contributed by atoms with E-state index in [1.165, 1.54) is 0 Å². The molecule has 1 aliphatic carbocycles. The average Bonchev–Trinajstić information content (AvgIpc) is 2.84. The van der Waals surface area contributed by atoms with Crippen LogP contribution in [0.1, 0.15) is 24.8 Å². The monoisotopic (exact) mass is 284 g/mol. The Hall–Kier alpha value is -0.980. The Morgan fingerprint density at radius 2 is 2.05 bits per heavy atom. The van der Waals surface area contributed by atoms with Crippen LogP contribution in [0.4, 0.5) is 0 Å². The van der Waals surface area contributed by atoms with E-state index in [1.54, 1.807) is 12.4 Å². The van der Waals surface area contributed by atoms with Crippen LogP contribution in [0.15, 0.2) is 24.5 Å². The van der Waals surface area contributed by atoms with Crippen LogP contribution >= 0.6 is 0 Å². The Kier molecular flexibility index (Phi) is 4.90. The Bertz CT molecular complexity index is 490. The van der Waals surface area contributed by atoms with Crippen molar-refractivity contribution in [2.45, 2.75) is 31.7 Å². The number of nitrogens with zero attached hydrogens (tertiary/aromatic N) is 1. The summed E-state index contributed by atoms with van der Waals surface area (Å²) in [4.78, 5) is 3.90. The number of aryl methyl sites for hydroxylation is 1. The van der Waals surface area contributed by atoms with Crippen LogP contribution in [0, 0.1) is 5.92 Å². The number of sulfonamides is 1. The van der Waals surface area contributed by atoms with Crippen molar-refractivity contribution in [3.05, 3.63) is 30.1 Å². The van der Waals surface area contributed by atoms with E-state index < -0.39 is 10.0 Å². The van der Waals surface area contributed by atoms with Crippen LogP contribution in [0.25, 0.3) is 0 Å². The van der Waals surface area contributed by atoms with E-state index >= 15 is 0 Å². The Balaban J connectivity index is 1.88. The van der Waals surface area contributed by atoms with Crippen molar-refractivity contribution in [2.24, 2.45) is 5.92 Å². The van der Waals surface area contributed by atoms with Gasteiger partial charge >= 0.3 is 0 Å². The molecule has 19 heavy (non-hydrogen) atoms. The van der Waals surface area contributed by atoms with E-state index in [4.69, 9.17) is 0 Å². The first-order valence-corrected chi connectivity index (χ1v) is 8.26. The number of pyridine rings is 1. The molecular formula is C13H20N2O3S. The fraction of sp³-hybridized carbons (Fsp3) is 0.615. The highest BCUT2D eigenvalue weighted by Gasteiger charge is 2.29. The van der Waals surface area contributed by atoms with Crippen molar-refractivity contribution >= 4 is 10.0 Å². The summed E-state index contributed by atoms with van der Waals surface area (Å²) in [6.45, 7) is 0.0531. The number of hydrogen-bond donors (Lipinski definition) is 2. The van der Waals surface area contributed by atoms with Gasteiger partial charge in [0, 0.05) is 25.0 Å². The van der Waals surface area contributed by atoms with Crippen LogP contribution in [-0.2, 0) is 16.4 Å². The number of hydrogen-bond acceptors (Lipinski definition) is 4. The topological polar surface area (TPSA) is 79.3 Å². The highest BCUT2D eigenvalue weighted by Crippen LogP contribution is 2.25. The van der Waals surface area contributed by atoms with Gasteiger partial charge in [-0.05, 0) is 42.9 Å². The van der Waals surface area contributed by atoms with Crippen molar-refractivity contribution in [3.63, 3.8) is 0 Å². The maximum atomic E-state index is 12.0. The van der Waals surface area contributed by atoms with E-state index in [0.717, 1.165) is 24.8 Å². The molecule has 1 aliphatic rings. The van der Waals surface area contributed by atoms with Gasteiger partial charge in [-0.2, -0.15) is 0 Å². The van der Waals surface area contributed by atoms with E-state index in [2.05, 4.69) is 9.71 Å². The van der Waals surface area contributed by atoms with Crippen molar-refractivity contribution in [2.75, 3.05) is 12.4 Å². The van der Waals surface area contributed by atoms with Gasteiger partial charge in [0.2, 0.25) is 10.0 Å². The lowest BCUT2D eigenvalue weighted by Crippen LogP contribution is -2.40. The molecule has 0 spiro atoms. The Morgan fingerprint density at radius 1 is 1.32 bits per heavy atom. The van der Waals surface area contributed by atoms with Crippen LogP contribution in [-0.4, -0.2) is 36.9 Å². The molecule has 0 radical (unpaired) electrons. The van der Waals surface area contributed by atoms with Crippen LogP contribution < -0.4 is 4.72 Å². The molecular weight excluding hydrogens is 264 g/mol. The molecule has 2 atom stereocenters. The summed E-state index contributed by atoms with van der Waals surface area (Å²) in [7, 11) is -3.29. The third-order valence-corrected chi connectivity index (χ3v) is 5.04. The highest BCUT2D eigenvalue weighted by molar-refractivity contribution is 7.89. The summed E-state index contributed by atoms with van der Waals surface area (Å²) >= 11 is 0. The van der Waals surface area contributed by atoms with Crippen molar-refractivity contribution in [1.82, 2.24) is 9.71 Å². The van der Waals surface area contributed by atoms with Gasteiger partial charge in [-0.25, -0.2) is 13.1 Å². The maximum absolute atomic E-state index is 12.0. The van der Waals surface area contributed by atoms with Crippen LogP contribution in [0.2, 0.25) is 0 Å². The zero-order chi connectivity index (χ0) is 13.7. The predicted octanol–water partition coefficient (Wildman–Crippen LogP) is 0.704. The SMILES string of the molecule is O=S(=O)(CCc1ccncc1)NC1CCCC1CO. The first kappa shape index (κ1) is 14.4. The van der Waals surface area contributed by atoms with Gasteiger partial charge in [0.1, 0.15) is 0 Å². The summed E-state index contributed by atoms with van der Waals surface area (Å²) < 4.78 is 26.7. The van der Waals surface area contributed by atoms with Crippen molar-refractivity contribution < 1.29 is 13.5 Å². The Labute approximate surface area is 114 Å². The first-order valence-electron chi connectivity index (χ1n) is 6.60. The molecule has 0 aromatic carbocycles. The number of rotatable bonds is 6. The molecule has 0 saturated heterocycles. The second-order valence-electron chi connectivity index (χ2n) is 5.02. The number of aliphatic hydroxyl groups is 1. The van der Waals surface area contributed by atoms with Crippen LogP contribution in [0.5, 0.6) is 0 Å². The molecule has 0 bridgehead atoms. The van der Waals surface area contributed by atoms with E-state index in [9.17, 15) is 13.5 Å². The number of aliphatic hydroxyl groups excluding tert-OH is 1. The summed E-state index contributed by atoms with van der Waals surface area (Å²) in [5.74, 6) is 0.141. The minimum Gasteiger partial charge on any atom is -0.396 e. The quantitative estimate of drug-likeness (QED) is 0.806. The predicted molar refractivity (Wildman–Crippen MR) is 73.1 cm³/mol. The third-order valence-electron chi connectivity index (χ3n) is 3.63. The minimum atomic E-state index is -3.29. The molecule has 2 N–H and O–H groups in total. The molecule has 5 nitrogen and oxygen atoms in total. The lowest BCUT2D eigenvalue weighted by molar-refractivity contribution is 0.213. The number of aromatic nitrogens is 1. The first-order chi connectivity index (χ1) is 9.11. The molecule has 1 heterocycles. The highest BCUT2D eigenvalue weighted by atomic mass is 32.2. The molecule has 1 fully saturated rings. The molecule has 1 saturated carbocycles. The molecule has 2 rings (SSSR count). The fourth-order valence-electron chi connectivity index (χ4n) is 2.50. The average molecular weight is 284 g/mol. The normalized spacial score (nSPS) is 23.6. The maximum Gasteiger partial charge on any atom is 0.212 e. The summed E-state index contributed by atoms with van der Waals surface area (Å²) in [6, 6.07) is 3.54. The Morgan fingerprint density at radius 3 is 2.74 bits per heavy atom. The van der Waals surface area contributed by atoms with E-state index in [0.29, 0.717) is 6.42 Å². The van der Waals surface area contributed by atoms with Gasteiger partial charge in [0.15, 0.2) is 0 Å². The van der Waals surface area contributed by atoms with E-state index in [1.807, 2.05) is 12.1 Å². The molecule has 1 aromatic heterocycles. The zero-order valence-corrected chi connectivity index (χ0v) is 11.6. The zero-order valence-electron chi connectivity index (χ0n) is 10.8. The van der Waals surface area contributed by atoms with Crippen molar-refractivity contribution in [1.29, 1.82) is 0 Å². The molecule has 106 valence electrons. The smallest absolute Gasteiger partial charge is 0.212 e. The van der Waals surface area contributed by atoms with Gasteiger partial charge in [0.05, 0.1) is 5.75 Å². The molecule has 6 heteroatoms. The van der Waals surface area contributed by atoms with Crippen LogP contribution in [0.3, 0.4) is 0 Å². The van der Waals surface area contributed by atoms with Gasteiger partial charge < -0.3 is 5.11 Å². The van der Waals surface area contributed by atoms with E-state index in [-0.39, 0.29) is 24.3 Å². The van der Waals surface area contributed by atoms with Gasteiger partial charge in [-0.15, -0.1) is 0 Å².